The number of aryl methyl sites for hydroxylation is 1. The number of ketones is 1. The number of nitrogens with zero attached hydrogens (tertiary/aromatic N) is 5. The summed E-state index contributed by atoms with van der Waals surface area (Å²) in [5.41, 5.74) is 7.16. The van der Waals surface area contributed by atoms with Crippen molar-refractivity contribution in [3.63, 3.8) is 0 Å². The van der Waals surface area contributed by atoms with Crippen LogP contribution in [0.3, 0.4) is 0 Å². The lowest BCUT2D eigenvalue weighted by atomic mass is 10.0. The molecule has 1 aliphatic rings. The predicted molar refractivity (Wildman–Crippen MR) is 137 cm³/mol. The Bertz CT molecular complexity index is 1560. The molecule has 9 nitrogen and oxygen atoms in total. The number of Topliss-reactive ketones (excluding diaryl/α,β-unsaturated/α-hetero) is 1. The van der Waals surface area contributed by atoms with E-state index >= 15 is 0 Å². The van der Waals surface area contributed by atoms with E-state index in [1.54, 1.807) is 30.5 Å². The van der Waals surface area contributed by atoms with Crippen LogP contribution in [0.25, 0.3) is 10.9 Å². The normalized spacial score (nSPS) is 16.1. The third-order valence-electron chi connectivity index (χ3n) is 5.74. The van der Waals surface area contributed by atoms with Gasteiger partial charge in [-0.25, -0.2) is 9.97 Å². The third kappa shape index (κ3) is 5.26. The standard InChI is InChI=1S/C27H28N6O3/c1-35-24-7-3-6-22-25(31-27(28)32-26(22)24)23(34)9-8-19-4-2-5-20(30-19)14-18-15-21(17-29-16-18)33-10-12-36-13-11-33/h2-7,15-17H,8-14H2,1H3,(H2,28,31,32)/i8D2,14D2. The van der Waals surface area contributed by atoms with E-state index in [1.165, 1.54) is 31.5 Å². The van der Waals surface area contributed by atoms with Gasteiger partial charge in [-0.05, 0) is 36.2 Å². The average Bonchev–Trinajstić information content (AvgIpc) is 2.96. The van der Waals surface area contributed by atoms with Crippen LogP contribution in [0.2, 0.25) is 0 Å². The van der Waals surface area contributed by atoms with Crippen LogP contribution in [0.1, 0.15) is 39.3 Å². The molecule has 5 rings (SSSR count). The Labute approximate surface area is 214 Å². The molecule has 0 unspecified atom stereocenters. The molecule has 3 aromatic heterocycles. The second-order valence-corrected chi connectivity index (χ2v) is 8.13. The average molecular weight is 489 g/mol. The number of carbonyl (C=O) groups is 1. The maximum Gasteiger partial charge on any atom is 0.221 e. The first-order valence-corrected chi connectivity index (χ1v) is 11.5. The highest BCUT2D eigenvalue weighted by Crippen LogP contribution is 2.27. The molecule has 4 aromatic rings. The Balaban J connectivity index is 1.43. The van der Waals surface area contributed by atoms with Gasteiger partial charge in [0.05, 0.1) is 32.2 Å². The van der Waals surface area contributed by atoms with E-state index in [9.17, 15) is 4.79 Å². The molecule has 2 N–H and O–H groups in total. The van der Waals surface area contributed by atoms with Crippen molar-refractivity contribution in [3.05, 3.63) is 77.5 Å². The summed E-state index contributed by atoms with van der Waals surface area (Å²) in [6.07, 6.45) is -1.78. The van der Waals surface area contributed by atoms with Crippen LogP contribution in [0.4, 0.5) is 11.6 Å². The van der Waals surface area contributed by atoms with Crippen molar-refractivity contribution in [2.45, 2.75) is 19.2 Å². The van der Waals surface area contributed by atoms with Crippen molar-refractivity contribution in [2.24, 2.45) is 0 Å². The van der Waals surface area contributed by atoms with Gasteiger partial charge in [0, 0.05) is 54.3 Å². The van der Waals surface area contributed by atoms with Gasteiger partial charge in [0.25, 0.3) is 0 Å². The highest BCUT2D eigenvalue weighted by molar-refractivity contribution is 6.07. The van der Waals surface area contributed by atoms with Crippen LogP contribution < -0.4 is 15.4 Å². The predicted octanol–water partition coefficient (Wildman–Crippen LogP) is 3.25. The number of nitrogen functional groups attached to an aromatic ring is 1. The minimum Gasteiger partial charge on any atom is -0.494 e. The van der Waals surface area contributed by atoms with Gasteiger partial charge >= 0.3 is 0 Å². The van der Waals surface area contributed by atoms with Crippen molar-refractivity contribution in [1.82, 2.24) is 19.9 Å². The van der Waals surface area contributed by atoms with E-state index in [1.807, 2.05) is 0 Å². The lowest BCUT2D eigenvalue weighted by Gasteiger charge is -2.28. The Morgan fingerprint density at radius 3 is 2.75 bits per heavy atom. The topological polar surface area (TPSA) is 116 Å². The second kappa shape index (κ2) is 10.7. The van der Waals surface area contributed by atoms with Crippen LogP contribution >= 0.6 is 0 Å². The largest absolute Gasteiger partial charge is 0.494 e. The van der Waals surface area contributed by atoms with Crippen molar-refractivity contribution in [1.29, 1.82) is 0 Å². The smallest absolute Gasteiger partial charge is 0.221 e. The zero-order chi connectivity index (χ0) is 28.5. The Morgan fingerprint density at radius 2 is 1.92 bits per heavy atom. The number of ether oxygens (including phenoxy) is 2. The van der Waals surface area contributed by atoms with E-state index in [2.05, 4.69) is 24.8 Å². The van der Waals surface area contributed by atoms with E-state index in [0.29, 0.717) is 43.0 Å². The van der Waals surface area contributed by atoms with Crippen molar-refractivity contribution in [3.8, 4) is 5.75 Å². The van der Waals surface area contributed by atoms with Crippen LogP contribution in [0, 0.1) is 0 Å². The van der Waals surface area contributed by atoms with Crippen LogP contribution in [0.5, 0.6) is 5.75 Å². The molecule has 1 fully saturated rings. The quantitative estimate of drug-likeness (QED) is 0.373. The number of pyridine rings is 2. The number of nitrogens with two attached hydrogens (primary N) is 1. The van der Waals surface area contributed by atoms with Gasteiger partial charge in [-0.2, -0.15) is 0 Å². The van der Waals surface area contributed by atoms with Crippen LogP contribution in [-0.2, 0) is 17.5 Å². The minimum atomic E-state index is -2.23. The number of morpholine rings is 1. The van der Waals surface area contributed by atoms with E-state index in [0.717, 1.165) is 5.69 Å². The maximum atomic E-state index is 13.3. The van der Waals surface area contributed by atoms with Gasteiger partial charge < -0.3 is 20.1 Å². The lowest BCUT2D eigenvalue weighted by Crippen LogP contribution is -2.36. The van der Waals surface area contributed by atoms with Crippen molar-refractivity contribution < 1.29 is 19.8 Å². The van der Waals surface area contributed by atoms with Crippen LogP contribution in [0.15, 0.2) is 54.9 Å². The fourth-order valence-electron chi connectivity index (χ4n) is 4.02. The summed E-state index contributed by atoms with van der Waals surface area (Å²) < 4.78 is 45.8. The monoisotopic (exact) mass is 488 g/mol. The van der Waals surface area contributed by atoms with E-state index in [4.69, 9.17) is 20.7 Å². The number of hydrogen-bond acceptors (Lipinski definition) is 9. The second-order valence-electron chi connectivity index (χ2n) is 8.13. The van der Waals surface area contributed by atoms with Gasteiger partial charge in [0.15, 0.2) is 5.78 Å². The molecule has 0 bridgehead atoms. The highest BCUT2D eigenvalue weighted by Gasteiger charge is 2.17. The molecule has 1 aromatic carbocycles. The first kappa shape index (κ1) is 19.1. The molecule has 0 aliphatic carbocycles. The van der Waals surface area contributed by atoms with Gasteiger partial charge in [-0.1, -0.05) is 18.2 Å². The van der Waals surface area contributed by atoms with Crippen molar-refractivity contribution >= 4 is 28.3 Å². The van der Waals surface area contributed by atoms with Crippen molar-refractivity contribution in [2.75, 3.05) is 44.0 Å². The number of carbonyl (C=O) groups excluding carboxylic acids is 1. The number of aromatic nitrogens is 4. The molecule has 0 spiro atoms. The molecule has 36 heavy (non-hydrogen) atoms. The number of benzene rings is 1. The van der Waals surface area contributed by atoms with Gasteiger partial charge in [0.2, 0.25) is 5.95 Å². The number of methoxy groups -OCH3 is 1. The maximum absolute atomic E-state index is 13.3. The summed E-state index contributed by atoms with van der Waals surface area (Å²) in [4.78, 5) is 32.3. The zero-order valence-electron chi connectivity index (χ0n) is 23.8. The first-order chi connectivity index (χ1) is 19.1. The Kier molecular flexibility index (Phi) is 5.66. The van der Waals surface area contributed by atoms with Crippen LogP contribution in [-0.4, -0.2) is 59.1 Å². The first-order valence-electron chi connectivity index (χ1n) is 13.5. The molecule has 184 valence electrons. The molecular formula is C27H28N6O3. The molecular weight excluding hydrogens is 456 g/mol. The summed E-state index contributed by atoms with van der Waals surface area (Å²) in [5, 5.41) is 0.389. The highest BCUT2D eigenvalue weighted by atomic mass is 16.5. The summed E-state index contributed by atoms with van der Waals surface area (Å²) in [6.45, 7) is 2.52. The molecule has 0 amide bonds. The third-order valence-corrected chi connectivity index (χ3v) is 5.74. The van der Waals surface area contributed by atoms with Gasteiger partial charge in [-0.3, -0.25) is 14.8 Å². The fourth-order valence-corrected chi connectivity index (χ4v) is 4.02. The van der Waals surface area contributed by atoms with Gasteiger partial charge in [0.1, 0.15) is 17.0 Å². The molecule has 9 heteroatoms. The Hall–Kier alpha value is -4.11. The SMILES string of the molecule is [2H]C([2H])(CC(=O)c1nc(N)nc2c(OC)cccc12)c1cccc(C([2H])([2H])c2cncc(N3CCOCC3)c2)n1. The fraction of sp³-hybridized carbons (Fsp3) is 0.296. The summed E-state index contributed by atoms with van der Waals surface area (Å²) in [5.74, 6) is -0.329. The number of para-hydroxylation sites is 1. The minimum absolute atomic E-state index is 0.00344. The molecule has 0 saturated carbocycles. The number of fused-ring (bicyclic) bond motifs is 1. The number of rotatable bonds is 8. The van der Waals surface area contributed by atoms with E-state index in [-0.39, 0.29) is 28.6 Å². The summed E-state index contributed by atoms with van der Waals surface area (Å²) in [7, 11) is 1.47. The summed E-state index contributed by atoms with van der Waals surface area (Å²) in [6, 6.07) is 11.2. The zero-order valence-corrected chi connectivity index (χ0v) is 19.8. The molecule has 0 atom stereocenters. The Morgan fingerprint density at radius 1 is 1.11 bits per heavy atom. The lowest BCUT2D eigenvalue weighted by molar-refractivity contribution is 0.0979. The number of hydrogen-bond donors (Lipinski definition) is 1. The molecule has 1 aliphatic heterocycles. The number of anilines is 2. The molecule has 1 saturated heterocycles. The molecule has 0 radical (unpaired) electrons. The summed E-state index contributed by atoms with van der Waals surface area (Å²) >= 11 is 0. The van der Waals surface area contributed by atoms with Gasteiger partial charge in [-0.15, -0.1) is 0 Å². The molecule has 4 heterocycles. The van der Waals surface area contributed by atoms with E-state index < -0.39 is 24.9 Å².